The van der Waals surface area contributed by atoms with Crippen LogP contribution in [0.3, 0.4) is 0 Å². The molecule has 0 unspecified atom stereocenters. The van der Waals surface area contributed by atoms with Crippen LogP contribution in [0.4, 0.5) is 0 Å². The van der Waals surface area contributed by atoms with Crippen LogP contribution in [0.25, 0.3) is 0 Å². The molecule has 0 radical (unpaired) electrons. The van der Waals surface area contributed by atoms with Gasteiger partial charge in [0.15, 0.2) is 0 Å². The van der Waals surface area contributed by atoms with Crippen LogP contribution < -0.4 is 0 Å². The summed E-state index contributed by atoms with van der Waals surface area (Å²) >= 11 is 1.19. The molecule has 0 spiro atoms. The van der Waals surface area contributed by atoms with E-state index in [1.165, 1.54) is 18.2 Å². The van der Waals surface area contributed by atoms with Crippen molar-refractivity contribution >= 4 is 43.5 Å². The normalized spacial score (nSPS) is 2.17. The molecular formula is C5H5ClO5Re-5. The number of rotatable bonds is 0. The molecule has 0 heterocycles. The summed E-state index contributed by atoms with van der Waals surface area (Å²) < 4.78 is 0. The van der Waals surface area contributed by atoms with Gasteiger partial charge in [-0.25, -0.2) is 0 Å². The van der Waals surface area contributed by atoms with Gasteiger partial charge in [0.05, 0.1) is 0 Å². The zero-order valence-corrected chi connectivity index (χ0v) is 9.16. The van der Waals surface area contributed by atoms with Crippen molar-refractivity contribution in [3.05, 3.63) is 0 Å². The van der Waals surface area contributed by atoms with Gasteiger partial charge in [-0.15, -0.1) is 0 Å². The maximum atomic E-state index is 7.75. The van der Waals surface area contributed by atoms with Crippen molar-refractivity contribution in [3.8, 4) is 0 Å². The zero-order valence-electron chi connectivity index (χ0n) is 5.68. The molecule has 0 aliphatic carbocycles. The molecule has 0 amide bonds. The molecule has 5 nitrogen and oxygen atoms in total. The van der Waals surface area contributed by atoms with Gasteiger partial charge in [-0.2, -0.15) is 0 Å². The molecule has 0 saturated heterocycles. The monoisotopic (exact) mass is 367 g/mol. The van der Waals surface area contributed by atoms with Gasteiger partial charge in [-0.3, -0.25) is 33.9 Å². The molecule has 0 aromatic heterocycles. The average Bonchev–Trinajstić information content (AvgIpc) is 2.33. The van der Waals surface area contributed by atoms with Gasteiger partial charge in [-0.05, 0) is 0 Å². The fourth-order valence-electron chi connectivity index (χ4n) is 0. The summed E-state index contributed by atoms with van der Waals surface area (Å²) in [5, 5.41) is 0. The molecule has 7 heteroatoms. The van der Waals surface area contributed by atoms with Crippen LogP contribution in [0.2, 0.25) is 0 Å². The van der Waals surface area contributed by atoms with Crippen LogP contribution in [0.1, 0.15) is 0 Å². The quantitative estimate of drug-likeness (QED) is 0.419. The average molecular weight is 367 g/mol. The predicted molar refractivity (Wildman–Crippen MR) is 39.6 cm³/mol. The van der Waals surface area contributed by atoms with Crippen LogP contribution in [-0.2, 0) is 42.2 Å². The van der Waals surface area contributed by atoms with E-state index in [1.54, 1.807) is 0 Å². The summed E-state index contributed by atoms with van der Waals surface area (Å²) in [6.07, 6.45) is 0. The minimum absolute atomic E-state index is 1.19. The molecule has 0 N–H and O–H groups in total. The fraction of sp³-hybridized carbons (Fsp3) is 0. The summed E-state index contributed by atoms with van der Waals surface area (Å²) in [5.41, 5.74) is 0. The first kappa shape index (κ1) is 42.7. The molecule has 0 saturated carbocycles. The van der Waals surface area contributed by atoms with E-state index in [2.05, 4.69) is 33.9 Å². The second-order valence-corrected chi connectivity index (χ2v) is 0. The van der Waals surface area contributed by atoms with Crippen LogP contribution in [0.5, 0.6) is 0 Å². The van der Waals surface area contributed by atoms with Gasteiger partial charge in [0.25, 0.3) is 0 Å². The Morgan fingerprint density at radius 3 is 0.500 bits per heavy atom. The maximum absolute atomic E-state index is 7.75. The molecule has 0 fully saturated rings. The van der Waals surface area contributed by atoms with E-state index in [1.807, 2.05) is 0 Å². The Labute approximate surface area is 85.8 Å². The Balaban J connectivity index is -0.00000000900. The van der Waals surface area contributed by atoms with Crippen molar-refractivity contribution in [2.24, 2.45) is 0 Å². The standard InChI is InChI=1S/5CHO.ClH.Re/c5*1-2;;/h5*1H;1H;/q5*-1;;+1/p-1. The second-order valence-electron chi connectivity index (χ2n) is 0. The van der Waals surface area contributed by atoms with Crippen LogP contribution >= 0.6 is 9.53 Å². The SMILES string of the molecule is [CH-]=O.[CH-]=O.[CH-]=O.[CH-]=O.[CH-]=O.[Cl][Re]. The summed E-state index contributed by atoms with van der Waals surface area (Å²) in [5.74, 6) is 0. The van der Waals surface area contributed by atoms with Gasteiger partial charge in [0, 0.05) is 0 Å². The van der Waals surface area contributed by atoms with E-state index >= 15 is 0 Å². The summed E-state index contributed by atoms with van der Waals surface area (Å²) in [4.78, 5) is 38.8. The third kappa shape index (κ3) is 1320. The van der Waals surface area contributed by atoms with Crippen LogP contribution in [0.15, 0.2) is 0 Å². The van der Waals surface area contributed by atoms with Crippen molar-refractivity contribution in [2.45, 2.75) is 0 Å². The van der Waals surface area contributed by atoms with Gasteiger partial charge in [0.1, 0.15) is 0 Å². The zero-order chi connectivity index (χ0) is 12.0. The molecule has 0 aromatic rings. The molecule has 12 heavy (non-hydrogen) atoms. The van der Waals surface area contributed by atoms with E-state index in [4.69, 9.17) is 33.5 Å². The summed E-state index contributed by atoms with van der Waals surface area (Å²) in [6, 6.07) is 0. The Morgan fingerprint density at radius 2 is 0.500 bits per heavy atom. The fourth-order valence-corrected chi connectivity index (χ4v) is 0. The van der Waals surface area contributed by atoms with E-state index in [0.29, 0.717) is 0 Å². The molecule has 0 rings (SSSR count). The number of hydrogen-bond acceptors (Lipinski definition) is 5. The van der Waals surface area contributed by atoms with Crippen molar-refractivity contribution in [1.82, 2.24) is 0 Å². The van der Waals surface area contributed by atoms with E-state index < -0.39 is 0 Å². The molecule has 0 aromatic carbocycles. The molecule has 0 aliphatic rings. The Bertz CT molecular complexity index is 31.4. The topological polar surface area (TPSA) is 85.3 Å². The predicted octanol–water partition coefficient (Wildman–Crippen LogP) is -0.683. The number of hydrogen-bond donors (Lipinski definition) is 0. The van der Waals surface area contributed by atoms with Crippen LogP contribution in [0, 0.1) is 0 Å². The van der Waals surface area contributed by atoms with Crippen molar-refractivity contribution in [1.29, 1.82) is 0 Å². The van der Waals surface area contributed by atoms with Crippen molar-refractivity contribution in [3.63, 3.8) is 0 Å². The third-order valence-corrected chi connectivity index (χ3v) is 0. The Hall–Kier alpha value is -0.698. The first-order chi connectivity index (χ1) is 6.00. The van der Waals surface area contributed by atoms with Gasteiger partial charge in [0.2, 0.25) is 0 Å². The molecule has 0 aliphatic heterocycles. The molecular weight excluding hydrogens is 362 g/mol. The number of halogens is 1. The number of carbonyl (C=O) groups excluding carboxylic acids is 5. The van der Waals surface area contributed by atoms with Gasteiger partial charge < -0.3 is 24.0 Å². The molecule has 0 bridgehead atoms. The Morgan fingerprint density at radius 1 is 0.500 bits per heavy atom. The van der Waals surface area contributed by atoms with E-state index in [9.17, 15) is 0 Å². The van der Waals surface area contributed by atoms with Crippen molar-refractivity contribution < 1.29 is 42.2 Å². The van der Waals surface area contributed by atoms with Gasteiger partial charge in [-0.1, -0.05) is 0 Å². The first-order valence-corrected chi connectivity index (χ1v) is 4.69. The molecule has 74 valence electrons. The van der Waals surface area contributed by atoms with Gasteiger partial charge >= 0.3 is 27.7 Å². The van der Waals surface area contributed by atoms with Crippen LogP contribution in [-0.4, -0.2) is 33.9 Å². The van der Waals surface area contributed by atoms with E-state index in [0.717, 1.165) is 0 Å². The summed E-state index contributed by atoms with van der Waals surface area (Å²) in [7, 11) is 4.69. The molecule has 0 atom stereocenters. The first-order valence-electron chi connectivity index (χ1n) is 1.32. The third-order valence-electron chi connectivity index (χ3n) is 0. The minimum atomic E-state index is 1.19. The van der Waals surface area contributed by atoms with E-state index in [-0.39, 0.29) is 0 Å². The second kappa shape index (κ2) is 1830. The Kier molecular flexibility index (Phi) is 6510. The van der Waals surface area contributed by atoms with Crippen molar-refractivity contribution in [2.75, 3.05) is 0 Å². The summed E-state index contributed by atoms with van der Waals surface area (Å²) in [6.45, 7) is 16.2.